The lowest BCUT2D eigenvalue weighted by atomic mass is 9.92. The molecule has 0 aromatic heterocycles. The minimum Gasteiger partial charge on any atom is -0.378 e. The molecule has 1 aromatic rings. The summed E-state index contributed by atoms with van der Waals surface area (Å²) >= 11 is 6.18. The highest BCUT2D eigenvalue weighted by Crippen LogP contribution is 2.27. The van der Waals surface area contributed by atoms with Gasteiger partial charge in [-0.3, -0.25) is 9.69 Å². The highest BCUT2D eigenvalue weighted by Gasteiger charge is 2.33. The number of hydrogen-bond acceptors (Lipinski definition) is 4. The highest BCUT2D eigenvalue weighted by molar-refractivity contribution is 6.31. The quantitative estimate of drug-likeness (QED) is 0.745. The molecule has 4 rings (SSSR count). The van der Waals surface area contributed by atoms with Crippen LogP contribution in [0.2, 0.25) is 5.02 Å². The first kappa shape index (κ1) is 21.0. The van der Waals surface area contributed by atoms with Crippen LogP contribution in [0.5, 0.6) is 0 Å². The van der Waals surface area contributed by atoms with Crippen LogP contribution in [0, 0.1) is 11.7 Å². The molecular formula is C22H31ClFN3O2. The van der Waals surface area contributed by atoms with E-state index in [1.807, 2.05) is 4.90 Å². The third kappa shape index (κ3) is 5.10. The van der Waals surface area contributed by atoms with Crippen molar-refractivity contribution in [2.24, 2.45) is 5.92 Å². The van der Waals surface area contributed by atoms with Crippen LogP contribution in [-0.2, 0) is 16.1 Å². The molecule has 3 aliphatic rings. The summed E-state index contributed by atoms with van der Waals surface area (Å²) in [6.07, 6.45) is 4.10. The average molecular weight is 424 g/mol. The van der Waals surface area contributed by atoms with Crippen molar-refractivity contribution in [1.29, 1.82) is 0 Å². The van der Waals surface area contributed by atoms with E-state index in [1.54, 1.807) is 12.1 Å². The third-order valence-corrected chi connectivity index (χ3v) is 7.07. The first-order chi connectivity index (χ1) is 14.1. The molecule has 3 heterocycles. The van der Waals surface area contributed by atoms with E-state index in [0.717, 1.165) is 65.0 Å². The number of ether oxygens (including phenoxy) is 1. The van der Waals surface area contributed by atoms with Gasteiger partial charge in [-0.2, -0.15) is 0 Å². The van der Waals surface area contributed by atoms with Gasteiger partial charge in [0.1, 0.15) is 5.82 Å². The summed E-state index contributed by atoms with van der Waals surface area (Å²) in [7, 11) is 0. The molecule has 0 atom stereocenters. The second kappa shape index (κ2) is 9.73. The van der Waals surface area contributed by atoms with Crippen LogP contribution < -0.4 is 0 Å². The van der Waals surface area contributed by atoms with Crippen LogP contribution in [0.3, 0.4) is 0 Å². The number of carbonyl (C=O) groups excluding carboxylic acids is 1. The molecule has 3 fully saturated rings. The van der Waals surface area contributed by atoms with Crippen molar-refractivity contribution in [2.75, 3.05) is 52.5 Å². The Bertz CT molecular complexity index is 677. The lowest BCUT2D eigenvalue weighted by molar-refractivity contribution is -0.141. The number of hydrogen-bond donors (Lipinski definition) is 0. The van der Waals surface area contributed by atoms with E-state index in [-0.39, 0.29) is 11.7 Å². The molecule has 1 amide bonds. The largest absolute Gasteiger partial charge is 0.378 e. The lowest BCUT2D eigenvalue weighted by Crippen LogP contribution is -2.50. The summed E-state index contributed by atoms with van der Waals surface area (Å²) in [4.78, 5) is 19.6. The average Bonchev–Trinajstić information content (AvgIpc) is 2.77. The zero-order valence-electron chi connectivity index (χ0n) is 17.0. The molecule has 0 N–H and O–H groups in total. The number of benzene rings is 1. The highest BCUT2D eigenvalue weighted by atomic mass is 35.5. The molecule has 3 aliphatic heterocycles. The van der Waals surface area contributed by atoms with Crippen molar-refractivity contribution in [3.63, 3.8) is 0 Å². The van der Waals surface area contributed by atoms with Crippen LogP contribution in [-0.4, -0.2) is 79.1 Å². The Morgan fingerprint density at radius 3 is 2.38 bits per heavy atom. The van der Waals surface area contributed by atoms with Crippen LogP contribution in [0.15, 0.2) is 18.2 Å². The molecule has 0 bridgehead atoms. The number of morpholine rings is 1. The first-order valence-corrected chi connectivity index (χ1v) is 11.3. The van der Waals surface area contributed by atoms with Gasteiger partial charge in [0.15, 0.2) is 0 Å². The normalized spacial score (nSPS) is 23.4. The van der Waals surface area contributed by atoms with E-state index in [9.17, 15) is 9.18 Å². The molecular weight excluding hydrogens is 393 g/mol. The molecule has 7 heteroatoms. The Labute approximate surface area is 177 Å². The van der Waals surface area contributed by atoms with Gasteiger partial charge in [-0.25, -0.2) is 4.39 Å². The van der Waals surface area contributed by atoms with Crippen molar-refractivity contribution >= 4 is 17.5 Å². The van der Waals surface area contributed by atoms with Crippen LogP contribution >= 0.6 is 11.6 Å². The molecule has 1 aromatic carbocycles. The molecule has 160 valence electrons. The van der Waals surface area contributed by atoms with Crippen molar-refractivity contribution in [3.8, 4) is 0 Å². The fourth-order valence-electron chi connectivity index (χ4n) is 4.90. The van der Waals surface area contributed by atoms with Gasteiger partial charge in [-0.05, 0) is 64.0 Å². The molecule has 5 nitrogen and oxygen atoms in total. The van der Waals surface area contributed by atoms with Gasteiger partial charge < -0.3 is 14.5 Å². The zero-order chi connectivity index (χ0) is 20.2. The molecule has 0 aliphatic carbocycles. The van der Waals surface area contributed by atoms with Gasteiger partial charge in [0.2, 0.25) is 5.91 Å². The van der Waals surface area contributed by atoms with E-state index in [4.69, 9.17) is 16.3 Å². The predicted molar refractivity (Wildman–Crippen MR) is 111 cm³/mol. The summed E-state index contributed by atoms with van der Waals surface area (Å²) in [5, 5.41) is 0.513. The minimum atomic E-state index is -0.216. The van der Waals surface area contributed by atoms with E-state index >= 15 is 0 Å². The predicted octanol–water partition coefficient (Wildman–Crippen LogP) is 3.01. The van der Waals surface area contributed by atoms with Crippen LogP contribution in [0.25, 0.3) is 0 Å². The number of likely N-dealkylation sites (tertiary alicyclic amines) is 2. The smallest absolute Gasteiger partial charge is 0.225 e. The Morgan fingerprint density at radius 1 is 1.03 bits per heavy atom. The maximum absolute atomic E-state index is 14.1. The molecule has 0 saturated carbocycles. The summed E-state index contributed by atoms with van der Waals surface area (Å²) < 4.78 is 19.4. The van der Waals surface area contributed by atoms with Gasteiger partial charge in [-0.15, -0.1) is 0 Å². The third-order valence-electron chi connectivity index (χ3n) is 6.72. The van der Waals surface area contributed by atoms with Crippen LogP contribution in [0.1, 0.15) is 31.2 Å². The van der Waals surface area contributed by atoms with E-state index < -0.39 is 0 Å². The van der Waals surface area contributed by atoms with Gasteiger partial charge in [0.25, 0.3) is 0 Å². The summed E-state index contributed by atoms with van der Waals surface area (Å²) in [6.45, 7) is 7.32. The first-order valence-electron chi connectivity index (χ1n) is 10.9. The topological polar surface area (TPSA) is 36.0 Å². The number of carbonyl (C=O) groups is 1. The van der Waals surface area contributed by atoms with Gasteiger partial charge >= 0.3 is 0 Å². The molecule has 3 saturated heterocycles. The van der Waals surface area contributed by atoms with E-state index in [0.29, 0.717) is 42.3 Å². The fourth-order valence-corrected chi connectivity index (χ4v) is 5.13. The summed E-state index contributed by atoms with van der Waals surface area (Å²) in [5.74, 6) is 0.281. The Morgan fingerprint density at radius 2 is 1.72 bits per heavy atom. The monoisotopic (exact) mass is 423 g/mol. The summed E-state index contributed by atoms with van der Waals surface area (Å²) in [5.41, 5.74) is 0.607. The number of nitrogens with zero attached hydrogens (tertiary/aromatic N) is 3. The number of piperidine rings is 2. The lowest BCUT2D eigenvalue weighted by Gasteiger charge is -2.42. The van der Waals surface area contributed by atoms with Crippen molar-refractivity contribution in [3.05, 3.63) is 34.6 Å². The Kier molecular flexibility index (Phi) is 7.06. The zero-order valence-corrected chi connectivity index (χ0v) is 17.7. The van der Waals surface area contributed by atoms with Crippen molar-refractivity contribution in [1.82, 2.24) is 14.7 Å². The standard InChI is InChI=1S/C22H31ClFN3O2/c23-20-2-1-3-21(24)19(20)16-25-8-6-18(7-9-25)26-10-4-17(5-11-26)22(28)27-12-14-29-15-13-27/h1-3,17-18H,4-16H2. The van der Waals surface area contributed by atoms with Gasteiger partial charge in [-0.1, -0.05) is 17.7 Å². The van der Waals surface area contributed by atoms with Crippen molar-refractivity contribution in [2.45, 2.75) is 38.3 Å². The molecule has 29 heavy (non-hydrogen) atoms. The minimum absolute atomic E-state index is 0.174. The molecule has 0 radical (unpaired) electrons. The molecule has 0 spiro atoms. The maximum atomic E-state index is 14.1. The van der Waals surface area contributed by atoms with E-state index in [2.05, 4.69) is 9.80 Å². The Hall–Kier alpha value is -1.21. The number of halogens is 2. The van der Waals surface area contributed by atoms with Crippen molar-refractivity contribution < 1.29 is 13.9 Å². The van der Waals surface area contributed by atoms with Gasteiger partial charge in [0, 0.05) is 42.2 Å². The van der Waals surface area contributed by atoms with Gasteiger partial charge in [0.05, 0.1) is 13.2 Å². The Balaban J connectivity index is 1.22. The SMILES string of the molecule is O=C(C1CCN(C2CCN(Cc3c(F)cccc3Cl)CC2)CC1)N1CCOCC1. The fraction of sp³-hybridized carbons (Fsp3) is 0.682. The number of rotatable bonds is 4. The second-order valence-electron chi connectivity index (χ2n) is 8.46. The maximum Gasteiger partial charge on any atom is 0.225 e. The van der Waals surface area contributed by atoms with E-state index in [1.165, 1.54) is 6.07 Å². The summed E-state index contributed by atoms with van der Waals surface area (Å²) in [6, 6.07) is 5.47. The number of amides is 1. The second-order valence-corrected chi connectivity index (χ2v) is 8.86. The van der Waals surface area contributed by atoms with Crippen LogP contribution in [0.4, 0.5) is 4.39 Å². The molecule has 0 unspecified atom stereocenters.